The third-order valence-electron chi connectivity index (χ3n) is 5.43. The number of nitrogens with zero attached hydrogens (tertiary/aromatic N) is 3. The molecule has 2 heterocycles. The molecule has 0 aromatic heterocycles. The van der Waals surface area contributed by atoms with Gasteiger partial charge in [0, 0.05) is 42.2 Å². The number of amides is 1. The zero-order valence-electron chi connectivity index (χ0n) is 17.0. The van der Waals surface area contributed by atoms with E-state index in [4.69, 9.17) is 21.6 Å². The molecule has 2 aliphatic heterocycles. The van der Waals surface area contributed by atoms with Crippen molar-refractivity contribution in [3.05, 3.63) is 65.2 Å². The van der Waals surface area contributed by atoms with Crippen molar-refractivity contribution in [3.63, 3.8) is 0 Å². The normalized spacial score (nSPS) is 18.2. The van der Waals surface area contributed by atoms with E-state index in [0.717, 1.165) is 48.8 Å². The van der Waals surface area contributed by atoms with Crippen molar-refractivity contribution in [3.8, 4) is 0 Å². The fourth-order valence-electron chi connectivity index (χ4n) is 3.76. The molecule has 1 N–H and O–H groups in total. The van der Waals surface area contributed by atoms with Crippen LogP contribution in [0.3, 0.4) is 0 Å². The standard InChI is InChI=1S/C23H25ClN4OS/c1-2-28-13-11-23(12-14-28)26-21(17-7-4-3-5-8-17)22(27-23)30-16-20(29)25-19-10-6-9-18(24)15-19/h3-10,15H,2,11-14,16H2,1H3,(H,25,29). The third-order valence-corrected chi connectivity index (χ3v) is 6.63. The lowest BCUT2D eigenvalue weighted by Crippen LogP contribution is -2.41. The van der Waals surface area contributed by atoms with Gasteiger partial charge in [-0.2, -0.15) is 0 Å². The molecule has 1 amide bonds. The molecule has 0 atom stereocenters. The lowest BCUT2D eigenvalue weighted by molar-refractivity contribution is -0.113. The van der Waals surface area contributed by atoms with Gasteiger partial charge >= 0.3 is 0 Å². The molecule has 0 radical (unpaired) electrons. The van der Waals surface area contributed by atoms with Crippen molar-refractivity contribution >= 4 is 45.7 Å². The number of hydrogen-bond acceptors (Lipinski definition) is 5. The number of halogens is 1. The van der Waals surface area contributed by atoms with E-state index in [2.05, 4.69) is 29.3 Å². The Morgan fingerprint density at radius 1 is 1.13 bits per heavy atom. The molecule has 0 saturated carbocycles. The maximum atomic E-state index is 12.5. The second-order valence-corrected chi connectivity index (χ2v) is 8.91. The van der Waals surface area contributed by atoms with Crippen LogP contribution in [0.2, 0.25) is 5.02 Å². The van der Waals surface area contributed by atoms with Crippen molar-refractivity contribution in [1.29, 1.82) is 0 Å². The van der Waals surface area contributed by atoms with Gasteiger partial charge in [-0.25, -0.2) is 4.99 Å². The van der Waals surface area contributed by atoms with Crippen molar-refractivity contribution in [2.24, 2.45) is 9.98 Å². The molecule has 2 aromatic rings. The molecule has 5 nitrogen and oxygen atoms in total. The number of carbonyl (C=O) groups is 1. The molecule has 2 aliphatic rings. The third kappa shape index (κ3) is 4.94. The van der Waals surface area contributed by atoms with Crippen LogP contribution in [-0.2, 0) is 4.79 Å². The monoisotopic (exact) mass is 440 g/mol. The van der Waals surface area contributed by atoms with Crippen LogP contribution in [-0.4, -0.2) is 52.6 Å². The van der Waals surface area contributed by atoms with E-state index < -0.39 is 0 Å². The van der Waals surface area contributed by atoms with E-state index in [1.54, 1.807) is 12.1 Å². The number of anilines is 1. The van der Waals surface area contributed by atoms with Crippen LogP contribution in [0.1, 0.15) is 25.3 Å². The highest BCUT2D eigenvalue weighted by molar-refractivity contribution is 8.16. The minimum atomic E-state index is -0.386. The molecule has 1 fully saturated rings. The molecule has 7 heteroatoms. The Hall–Kier alpha value is -2.15. The first-order valence-electron chi connectivity index (χ1n) is 10.2. The lowest BCUT2D eigenvalue weighted by Gasteiger charge is -2.34. The molecule has 1 saturated heterocycles. The number of rotatable bonds is 5. The summed E-state index contributed by atoms with van der Waals surface area (Å²) in [6.45, 7) is 5.24. The Bertz CT molecular complexity index is 968. The van der Waals surface area contributed by atoms with Crippen LogP contribution in [0.15, 0.2) is 64.6 Å². The smallest absolute Gasteiger partial charge is 0.234 e. The Morgan fingerprint density at radius 2 is 1.90 bits per heavy atom. The zero-order chi connectivity index (χ0) is 21.0. The first-order chi connectivity index (χ1) is 14.6. The topological polar surface area (TPSA) is 57.1 Å². The van der Waals surface area contributed by atoms with Crippen molar-refractivity contribution in [2.45, 2.75) is 25.4 Å². The number of thioether (sulfide) groups is 1. The number of nitrogens with one attached hydrogen (secondary N) is 1. The first-order valence-corrected chi connectivity index (χ1v) is 11.6. The average Bonchev–Trinajstić information content (AvgIpc) is 3.12. The van der Waals surface area contributed by atoms with Crippen molar-refractivity contribution in [2.75, 3.05) is 30.7 Å². The van der Waals surface area contributed by atoms with Gasteiger partial charge in [0.05, 0.1) is 11.5 Å². The quantitative estimate of drug-likeness (QED) is 0.731. The molecule has 1 spiro atoms. The van der Waals surface area contributed by atoms with Gasteiger partial charge in [-0.15, -0.1) is 0 Å². The molecular weight excluding hydrogens is 416 g/mol. The lowest BCUT2D eigenvalue weighted by atomic mass is 9.98. The highest BCUT2D eigenvalue weighted by Gasteiger charge is 2.39. The van der Waals surface area contributed by atoms with E-state index in [1.165, 1.54) is 11.8 Å². The molecular formula is C23H25ClN4OS. The van der Waals surface area contributed by atoms with Gasteiger partial charge in [0.15, 0.2) is 5.66 Å². The molecule has 0 bridgehead atoms. The summed E-state index contributed by atoms with van der Waals surface area (Å²) in [7, 11) is 0. The summed E-state index contributed by atoms with van der Waals surface area (Å²) in [6, 6.07) is 17.3. The Morgan fingerprint density at radius 3 is 2.60 bits per heavy atom. The van der Waals surface area contributed by atoms with Gasteiger partial charge in [0.25, 0.3) is 0 Å². The summed E-state index contributed by atoms with van der Waals surface area (Å²) >= 11 is 7.46. The van der Waals surface area contributed by atoms with Crippen molar-refractivity contribution in [1.82, 2.24) is 4.90 Å². The maximum Gasteiger partial charge on any atom is 0.234 e. The van der Waals surface area contributed by atoms with Crippen molar-refractivity contribution < 1.29 is 4.79 Å². The van der Waals surface area contributed by atoms with Crippen LogP contribution in [0.4, 0.5) is 5.69 Å². The van der Waals surface area contributed by atoms with E-state index in [0.29, 0.717) is 10.7 Å². The van der Waals surface area contributed by atoms with Crippen LogP contribution >= 0.6 is 23.4 Å². The van der Waals surface area contributed by atoms with E-state index >= 15 is 0 Å². The molecule has 2 aromatic carbocycles. The summed E-state index contributed by atoms with van der Waals surface area (Å²) in [4.78, 5) is 25.1. The summed E-state index contributed by atoms with van der Waals surface area (Å²) in [5.41, 5.74) is 2.26. The summed E-state index contributed by atoms with van der Waals surface area (Å²) in [5, 5.41) is 4.35. The first kappa shape index (κ1) is 21.1. The number of likely N-dealkylation sites (tertiary alicyclic amines) is 1. The van der Waals surface area contributed by atoms with Crippen LogP contribution < -0.4 is 5.32 Å². The molecule has 4 rings (SSSR count). The van der Waals surface area contributed by atoms with Gasteiger partial charge in [-0.1, -0.05) is 66.7 Å². The molecule has 0 unspecified atom stereocenters. The van der Waals surface area contributed by atoms with Crippen LogP contribution in [0.5, 0.6) is 0 Å². The number of hydrogen-bond donors (Lipinski definition) is 1. The molecule has 0 aliphatic carbocycles. The van der Waals surface area contributed by atoms with E-state index in [-0.39, 0.29) is 17.3 Å². The Balaban J connectivity index is 1.49. The zero-order valence-corrected chi connectivity index (χ0v) is 18.5. The van der Waals surface area contributed by atoms with Gasteiger partial charge in [-0.3, -0.25) is 9.79 Å². The average molecular weight is 441 g/mol. The van der Waals surface area contributed by atoms with E-state index in [1.807, 2.05) is 30.3 Å². The van der Waals surface area contributed by atoms with Crippen LogP contribution in [0, 0.1) is 0 Å². The second kappa shape index (κ2) is 9.33. The minimum absolute atomic E-state index is 0.0841. The molecule has 156 valence electrons. The minimum Gasteiger partial charge on any atom is -0.325 e. The maximum absolute atomic E-state index is 12.5. The molecule has 30 heavy (non-hydrogen) atoms. The second-order valence-electron chi connectivity index (χ2n) is 7.51. The van der Waals surface area contributed by atoms with E-state index in [9.17, 15) is 4.79 Å². The number of piperidine rings is 1. The predicted octanol–water partition coefficient (Wildman–Crippen LogP) is 4.73. The fourth-order valence-corrected chi connectivity index (χ4v) is 4.82. The number of benzene rings is 2. The van der Waals surface area contributed by atoms with Crippen LogP contribution in [0.25, 0.3) is 0 Å². The Kier molecular flexibility index (Phi) is 6.56. The largest absolute Gasteiger partial charge is 0.325 e. The highest BCUT2D eigenvalue weighted by Crippen LogP contribution is 2.35. The fraction of sp³-hybridized carbons (Fsp3) is 0.348. The number of carbonyl (C=O) groups excluding carboxylic acids is 1. The predicted molar refractivity (Wildman–Crippen MR) is 127 cm³/mol. The summed E-state index contributed by atoms with van der Waals surface area (Å²) in [5.74, 6) is 0.188. The van der Waals surface area contributed by atoms with Gasteiger partial charge in [-0.05, 0) is 24.7 Å². The summed E-state index contributed by atoms with van der Waals surface area (Å²) in [6.07, 6.45) is 1.83. The van der Waals surface area contributed by atoms with Gasteiger partial charge < -0.3 is 10.2 Å². The van der Waals surface area contributed by atoms with Gasteiger partial charge in [0.1, 0.15) is 5.04 Å². The number of aliphatic imine (C=N–C) groups is 2. The SMILES string of the molecule is CCN1CCC2(CC1)N=C(SCC(=O)Nc1cccc(Cl)c1)C(c1ccccc1)=N2. The summed E-state index contributed by atoms with van der Waals surface area (Å²) < 4.78 is 0. The van der Waals surface area contributed by atoms with Gasteiger partial charge in [0.2, 0.25) is 5.91 Å². The Labute approximate surface area is 186 Å². The highest BCUT2D eigenvalue weighted by atomic mass is 35.5.